The molecule has 0 saturated carbocycles. The van der Waals surface area contributed by atoms with Gasteiger partial charge >= 0.3 is 0 Å². The van der Waals surface area contributed by atoms with Crippen LogP contribution in [0.3, 0.4) is 0 Å². The first kappa shape index (κ1) is 15.4. The fourth-order valence-corrected chi connectivity index (χ4v) is 2.86. The largest absolute Gasteiger partial charge is 0.493 e. The normalized spacial score (nSPS) is 17.4. The zero-order valence-corrected chi connectivity index (χ0v) is 13.4. The number of hydrogen-bond donors (Lipinski definition) is 1. The molecule has 1 aromatic carbocycles. The summed E-state index contributed by atoms with van der Waals surface area (Å²) < 4.78 is 5.95. The van der Waals surface area contributed by atoms with Crippen LogP contribution in [0.25, 0.3) is 0 Å². The molecule has 1 aliphatic heterocycles. The molecule has 0 aliphatic carbocycles. The van der Waals surface area contributed by atoms with Gasteiger partial charge in [-0.15, -0.1) is 0 Å². The average Bonchev–Trinajstić information content (AvgIpc) is 2.45. The van der Waals surface area contributed by atoms with Crippen molar-refractivity contribution in [1.82, 2.24) is 5.32 Å². The van der Waals surface area contributed by atoms with Crippen LogP contribution in [0.2, 0.25) is 0 Å². The number of benzene rings is 1. The van der Waals surface area contributed by atoms with Crippen molar-refractivity contribution in [1.29, 1.82) is 0 Å². The van der Waals surface area contributed by atoms with Crippen molar-refractivity contribution in [2.75, 3.05) is 19.7 Å². The molecule has 2 rings (SSSR count). The Morgan fingerprint density at radius 3 is 2.70 bits per heavy atom. The van der Waals surface area contributed by atoms with Crippen LogP contribution >= 0.6 is 0 Å². The van der Waals surface area contributed by atoms with E-state index in [2.05, 4.69) is 51.2 Å². The first-order valence-corrected chi connectivity index (χ1v) is 8.05. The van der Waals surface area contributed by atoms with Gasteiger partial charge in [0.2, 0.25) is 0 Å². The van der Waals surface area contributed by atoms with Gasteiger partial charge in [0.1, 0.15) is 5.75 Å². The van der Waals surface area contributed by atoms with E-state index in [1.165, 1.54) is 16.9 Å². The Morgan fingerprint density at radius 2 is 1.95 bits per heavy atom. The summed E-state index contributed by atoms with van der Waals surface area (Å²) in [5, 5.41) is 3.57. The molecule has 0 bridgehead atoms. The molecule has 0 spiro atoms. The van der Waals surface area contributed by atoms with Gasteiger partial charge in [-0.1, -0.05) is 45.9 Å². The first-order valence-electron chi connectivity index (χ1n) is 8.05. The van der Waals surface area contributed by atoms with Crippen LogP contribution in [0, 0.1) is 11.8 Å². The van der Waals surface area contributed by atoms with Crippen molar-refractivity contribution in [3.8, 4) is 5.75 Å². The lowest BCUT2D eigenvalue weighted by atomic mass is 9.86. The quantitative estimate of drug-likeness (QED) is 0.847. The van der Waals surface area contributed by atoms with Gasteiger partial charge in [0.25, 0.3) is 0 Å². The summed E-state index contributed by atoms with van der Waals surface area (Å²) in [6, 6.07) is 6.65. The first-order chi connectivity index (χ1) is 9.59. The van der Waals surface area contributed by atoms with Crippen LogP contribution < -0.4 is 10.1 Å². The number of nitrogens with one attached hydrogen (secondary N) is 1. The molecule has 1 aliphatic rings. The third-order valence-electron chi connectivity index (χ3n) is 4.33. The van der Waals surface area contributed by atoms with Crippen molar-refractivity contribution in [2.24, 2.45) is 11.8 Å². The van der Waals surface area contributed by atoms with E-state index in [0.717, 1.165) is 32.5 Å². The fourth-order valence-electron chi connectivity index (χ4n) is 2.86. The van der Waals surface area contributed by atoms with Gasteiger partial charge in [0.15, 0.2) is 0 Å². The lowest BCUT2D eigenvalue weighted by Crippen LogP contribution is -2.28. The maximum Gasteiger partial charge on any atom is 0.125 e. The van der Waals surface area contributed by atoms with Crippen LogP contribution in [0.1, 0.15) is 51.2 Å². The maximum atomic E-state index is 5.95. The zero-order chi connectivity index (χ0) is 14.5. The Labute approximate surface area is 123 Å². The number of para-hydroxylation sites is 1. The number of fused-ring (bicyclic) bond motifs is 1. The highest BCUT2D eigenvalue weighted by atomic mass is 16.5. The van der Waals surface area contributed by atoms with Crippen molar-refractivity contribution in [3.63, 3.8) is 0 Å². The molecule has 1 heterocycles. The lowest BCUT2D eigenvalue weighted by Gasteiger charge is -2.27. The van der Waals surface area contributed by atoms with Crippen molar-refractivity contribution in [2.45, 2.75) is 46.5 Å². The average molecular weight is 275 g/mol. The molecule has 0 saturated heterocycles. The summed E-state index contributed by atoms with van der Waals surface area (Å²) in [5.41, 5.74) is 2.78. The summed E-state index contributed by atoms with van der Waals surface area (Å²) in [6.45, 7) is 12.2. The second kappa shape index (κ2) is 7.12. The highest BCUT2D eigenvalue weighted by Crippen LogP contribution is 2.36. The van der Waals surface area contributed by atoms with Crippen LogP contribution in [0.5, 0.6) is 5.75 Å². The van der Waals surface area contributed by atoms with Gasteiger partial charge in [0.05, 0.1) is 6.61 Å². The standard InChI is InChI=1S/C18H29NO/c1-13(2)11-19-12-14(3)15(4)17-9-5-7-16-8-6-10-20-18(16)17/h5,7,9,13-15,19H,6,8,10-12H2,1-4H3. The van der Waals surface area contributed by atoms with Crippen molar-refractivity contribution >= 4 is 0 Å². The summed E-state index contributed by atoms with van der Waals surface area (Å²) in [6.07, 6.45) is 2.31. The maximum absolute atomic E-state index is 5.95. The third-order valence-corrected chi connectivity index (χ3v) is 4.33. The molecule has 112 valence electrons. The minimum absolute atomic E-state index is 0.530. The van der Waals surface area contributed by atoms with E-state index >= 15 is 0 Å². The van der Waals surface area contributed by atoms with Crippen LogP contribution in [-0.4, -0.2) is 19.7 Å². The summed E-state index contributed by atoms with van der Waals surface area (Å²) >= 11 is 0. The number of rotatable bonds is 6. The zero-order valence-electron chi connectivity index (χ0n) is 13.4. The summed E-state index contributed by atoms with van der Waals surface area (Å²) in [7, 11) is 0. The molecule has 0 radical (unpaired) electrons. The Hall–Kier alpha value is -1.02. The fraction of sp³-hybridized carbons (Fsp3) is 0.667. The van der Waals surface area contributed by atoms with Crippen LogP contribution in [0.15, 0.2) is 18.2 Å². The molecule has 2 heteroatoms. The smallest absolute Gasteiger partial charge is 0.125 e. The van der Waals surface area contributed by atoms with Crippen molar-refractivity contribution < 1.29 is 4.74 Å². The predicted molar refractivity (Wildman–Crippen MR) is 85.5 cm³/mol. The monoisotopic (exact) mass is 275 g/mol. The van der Waals surface area contributed by atoms with E-state index in [-0.39, 0.29) is 0 Å². The minimum Gasteiger partial charge on any atom is -0.493 e. The minimum atomic E-state index is 0.530. The topological polar surface area (TPSA) is 21.3 Å². The SMILES string of the molecule is CC(C)CNCC(C)C(C)c1cccc2c1OCCC2. The lowest BCUT2D eigenvalue weighted by molar-refractivity contribution is 0.280. The highest BCUT2D eigenvalue weighted by Gasteiger charge is 2.21. The second-order valence-electron chi connectivity index (χ2n) is 6.61. The molecule has 2 unspecified atom stereocenters. The third kappa shape index (κ3) is 3.76. The highest BCUT2D eigenvalue weighted by molar-refractivity contribution is 5.44. The molecule has 1 aromatic rings. The Balaban J connectivity index is 2.03. The Kier molecular flexibility index (Phi) is 5.47. The molecular weight excluding hydrogens is 246 g/mol. The van der Waals surface area contributed by atoms with Crippen LogP contribution in [-0.2, 0) is 6.42 Å². The molecule has 20 heavy (non-hydrogen) atoms. The Bertz CT molecular complexity index is 427. The van der Waals surface area contributed by atoms with Gasteiger partial charge in [-0.2, -0.15) is 0 Å². The number of hydrogen-bond acceptors (Lipinski definition) is 2. The van der Waals surface area contributed by atoms with Gasteiger partial charge < -0.3 is 10.1 Å². The van der Waals surface area contributed by atoms with Gasteiger partial charge in [-0.3, -0.25) is 0 Å². The molecule has 0 fully saturated rings. The summed E-state index contributed by atoms with van der Waals surface area (Å²) in [5.74, 6) is 3.03. The van der Waals surface area contributed by atoms with E-state index < -0.39 is 0 Å². The molecule has 1 N–H and O–H groups in total. The second-order valence-corrected chi connectivity index (χ2v) is 6.61. The Morgan fingerprint density at radius 1 is 1.15 bits per heavy atom. The number of aryl methyl sites for hydroxylation is 1. The molecular formula is C18H29NO. The van der Waals surface area contributed by atoms with Gasteiger partial charge in [-0.25, -0.2) is 0 Å². The summed E-state index contributed by atoms with van der Waals surface area (Å²) in [4.78, 5) is 0. The number of ether oxygens (including phenoxy) is 1. The van der Waals surface area contributed by atoms with Crippen LogP contribution in [0.4, 0.5) is 0 Å². The van der Waals surface area contributed by atoms with Gasteiger partial charge in [-0.05, 0) is 54.8 Å². The van der Waals surface area contributed by atoms with Crippen molar-refractivity contribution in [3.05, 3.63) is 29.3 Å². The van der Waals surface area contributed by atoms with E-state index in [9.17, 15) is 0 Å². The van der Waals surface area contributed by atoms with Gasteiger partial charge in [0, 0.05) is 0 Å². The molecule has 0 amide bonds. The van der Waals surface area contributed by atoms with E-state index in [0.29, 0.717) is 17.8 Å². The van der Waals surface area contributed by atoms with E-state index in [4.69, 9.17) is 4.74 Å². The molecule has 0 aromatic heterocycles. The molecule has 2 atom stereocenters. The van der Waals surface area contributed by atoms with E-state index in [1.807, 2.05) is 0 Å². The molecule has 2 nitrogen and oxygen atoms in total. The van der Waals surface area contributed by atoms with E-state index in [1.54, 1.807) is 0 Å². The predicted octanol–water partition coefficient (Wildman–Crippen LogP) is 4.00.